The number of rotatable bonds is 5. The van der Waals surface area contributed by atoms with Crippen LogP contribution in [0.5, 0.6) is 0 Å². The minimum absolute atomic E-state index is 0.0848. The number of thiazole rings is 1. The van der Waals surface area contributed by atoms with Gasteiger partial charge in [0.05, 0.1) is 6.04 Å². The number of carboxylic acid groups (broad SMARTS) is 1. The molecule has 2 heterocycles. The van der Waals surface area contributed by atoms with Crippen LogP contribution in [0.15, 0.2) is 23.6 Å². The van der Waals surface area contributed by atoms with E-state index in [1.54, 1.807) is 0 Å². The van der Waals surface area contributed by atoms with Gasteiger partial charge in [-0.05, 0) is 25.5 Å². The number of hydrogen-bond donors (Lipinski definition) is 2. The molecule has 2 aromatic rings. The minimum atomic E-state index is -1.16. The monoisotopic (exact) mass is 305 g/mol. The molecule has 110 valence electrons. The highest BCUT2D eigenvalue weighted by molar-refractivity contribution is 7.09. The molecule has 1 unspecified atom stereocenters. The number of nitrogens with one attached hydrogen (secondary N) is 1. The van der Waals surface area contributed by atoms with Crippen molar-refractivity contribution in [2.45, 2.75) is 26.3 Å². The van der Waals surface area contributed by atoms with E-state index in [9.17, 15) is 9.59 Å². The van der Waals surface area contributed by atoms with Gasteiger partial charge in [-0.15, -0.1) is 11.3 Å². The van der Waals surface area contributed by atoms with Crippen molar-refractivity contribution in [3.63, 3.8) is 0 Å². The quantitative estimate of drug-likeness (QED) is 0.885. The Morgan fingerprint density at radius 1 is 1.33 bits per heavy atom. The van der Waals surface area contributed by atoms with Crippen molar-refractivity contribution >= 4 is 23.2 Å². The lowest BCUT2D eigenvalue weighted by molar-refractivity contribution is 0.0690. The molecule has 2 N–H and O–H groups in total. The normalized spacial score (nSPS) is 11.9. The summed E-state index contributed by atoms with van der Waals surface area (Å²) < 4.78 is 0. The second kappa shape index (κ2) is 6.45. The van der Waals surface area contributed by atoms with Gasteiger partial charge in [0, 0.05) is 11.1 Å². The molecule has 21 heavy (non-hydrogen) atoms. The first kappa shape index (κ1) is 15.1. The van der Waals surface area contributed by atoms with Crippen LogP contribution in [0.3, 0.4) is 0 Å². The maximum absolute atomic E-state index is 12.2. The van der Waals surface area contributed by atoms with Crippen LogP contribution in [-0.4, -0.2) is 27.0 Å². The van der Waals surface area contributed by atoms with E-state index in [1.165, 1.54) is 29.5 Å². The van der Waals surface area contributed by atoms with Crippen LogP contribution in [0.2, 0.25) is 0 Å². The van der Waals surface area contributed by atoms with Crippen LogP contribution in [0.4, 0.5) is 0 Å². The molecule has 0 aliphatic rings. The third-order valence-electron chi connectivity index (χ3n) is 2.85. The van der Waals surface area contributed by atoms with Crippen molar-refractivity contribution in [1.29, 1.82) is 0 Å². The van der Waals surface area contributed by atoms with Crippen LogP contribution in [-0.2, 0) is 0 Å². The van der Waals surface area contributed by atoms with E-state index < -0.39 is 11.9 Å². The maximum atomic E-state index is 12.2. The molecule has 0 aliphatic heterocycles. The number of amides is 1. The zero-order valence-electron chi connectivity index (χ0n) is 11.7. The van der Waals surface area contributed by atoms with Gasteiger partial charge < -0.3 is 10.4 Å². The number of carbonyl (C=O) groups excluding carboxylic acids is 1. The van der Waals surface area contributed by atoms with E-state index >= 15 is 0 Å². The molecule has 0 saturated heterocycles. The van der Waals surface area contributed by atoms with Gasteiger partial charge in [-0.1, -0.05) is 13.0 Å². The third kappa shape index (κ3) is 3.63. The second-order valence-corrected chi connectivity index (χ2v) is 5.36. The number of aryl methyl sites for hydroxylation is 1. The van der Waals surface area contributed by atoms with Gasteiger partial charge in [0.2, 0.25) is 0 Å². The maximum Gasteiger partial charge on any atom is 0.354 e. The van der Waals surface area contributed by atoms with E-state index in [2.05, 4.69) is 15.3 Å². The first-order valence-corrected chi connectivity index (χ1v) is 7.32. The highest BCUT2D eigenvalue weighted by atomic mass is 32.1. The average Bonchev–Trinajstić information content (AvgIpc) is 2.91. The Morgan fingerprint density at radius 3 is 2.62 bits per heavy atom. The van der Waals surface area contributed by atoms with Crippen molar-refractivity contribution in [2.75, 3.05) is 0 Å². The lowest BCUT2D eigenvalue weighted by Crippen LogP contribution is -2.29. The summed E-state index contributed by atoms with van der Waals surface area (Å²) in [6.45, 7) is 3.84. The molecule has 0 fully saturated rings. The molecule has 7 heteroatoms. The van der Waals surface area contributed by atoms with Crippen molar-refractivity contribution in [1.82, 2.24) is 15.3 Å². The number of carboxylic acids is 1. The molecule has 0 aromatic carbocycles. The predicted octanol–water partition coefficient (Wildman–Crippen LogP) is 2.43. The molecule has 0 aliphatic carbocycles. The molecule has 1 atom stereocenters. The fraction of sp³-hybridized carbons (Fsp3) is 0.286. The highest BCUT2D eigenvalue weighted by Crippen LogP contribution is 2.21. The van der Waals surface area contributed by atoms with Crippen molar-refractivity contribution < 1.29 is 14.7 Å². The fourth-order valence-corrected chi connectivity index (χ4v) is 2.71. The van der Waals surface area contributed by atoms with Crippen LogP contribution < -0.4 is 5.32 Å². The Labute approximate surface area is 125 Å². The Morgan fingerprint density at radius 2 is 2.05 bits per heavy atom. The average molecular weight is 305 g/mol. The summed E-state index contributed by atoms with van der Waals surface area (Å²) in [6.07, 6.45) is 0.692. The summed E-state index contributed by atoms with van der Waals surface area (Å²) in [5.41, 5.74) is 0.844. The number of carbonyl (C=O) groups is 2. The molecule has 2 rings (SSSR count). The first-order valence-electron chi connectivity index (χ1n) is 6.44. The van der Waals surface area contributed by atoms with E-state index in [-0.39, 0.29) is 17.4 Å². The van der Waals surface area contributed by atoms with Crippen molar-refractivity contribution in [2.24, 2.45) is 0 Å². The largest absolute Gasteiger partial charge is 0.477 e. The molecule has 2 aromatic heterocycles. The van der Waals surface area contributed by atoms with E-state index in [4.69, 9.17) is 5.11 Å². The molecular formula is C14H15N3O3S. The minimum Gasteiger partial charge on any atom is -0.477 e. The SMILES string of the molecule is CCC(NC(=O)c1cccc(C(=O)O)n1)c1nc(C)cs1. The standard InChI is InChI=1S/C14H15N3O3S/c1-3-9(13-15-8(2)7-21-13)17-12(18)10-5-4-6-11(16-10)14(19)20/h4-7,9H,3H2,1-2H3,(H,17,18)(H,19,20). The number of hydrogen-bond acceptors (Lipinski definition) is 5. The van der Waals surface area contributed by atoms with Crippen LogP contribution in [0, 0.1) is 6.92 Å². The number of aromatic nitrogens is 2. The number of nitrogens with zero attached hydrogens (tertiary/aromatic N) is 2. The molecule has 1 amide bonds. The van der Waals surface area contributed by atoms with Gasteiger partial charge in [0.25, 0.3) is 5.91 Å². The van der Waals surface area contributed by atoms with Crippen molar-refractivity contribution in [3.8, 4) is 0 Å². The van der Waals surface area contributed by atoms with Gasteiger partial charge >= 0.3 is 5.97 Å². The molecule has 6 nitrogen and oxygen atoms in total. The van der Waals surface area contributed by atoms with E-state index in [0.29, 0.717) is 6.42 Å². The summed E-state index contributed by atoms with van der Waals surface area (Å²) in [5, 5.41) is 14.5. The molecular weight excluding hydrogens is 290 g/mol. The first-order chi connectivity index (χ1) is 10.0. The van der Waals surface area contributed by atoms with Gasteiger partial charge in [0.1, 0.15) is 16.4 Å². The Bertz CT molecular complexity index is 669. The van der Waals surface area contributed by atoms with Gasteiger partial charge in [0.15, 0.2) is 0 Å². The zero-order valence-corrected chi connectivity index (χ0v) is 12.5. The van der Waals surface area contributed by atoms with E-state index in [1.807, 2.05) is 19.2 Å². The summed E-state index contributed by atoms with van der Waals surface area (Å²) >= 11 is 1.49. The van der Waals surface area contributed by atoms with Crippen LogP contribution >= 0.6 is 11.3 Å². The zero-order chi connectivity index (χ0) is 15.4. The lowest BCUT2D eigenvalue weighted by atomic mass is 10.2. The number of aromatic carboxylic acids is 1. The smallest absolute Gasteiger partial charge is 0.354 e. The Hall–Kier alpha value is -2.28. The van der Waals surface area contributed by atoms with Gasteiger partial charge in [-0.25, -0.2) is 14.8 Å². The topological polar surface area (TPSA) is 92.2 Å². The highest BCUT2D eigenvalue weighted by Gasteiger charge is 2.18. The summed E-state index contributed by atoms with van der Waals surface area (Å²) in [5.74, 6) is -1.56. The molecule has 0 spiro atoms. The Balaban J connectivity index is 2.16. The molecule has 0 radical (unpaired) electrons. The molecule has 0 bridgehead atoms. The van der Waals surface area contributed by atoms with Crippen LogP contribution in [0.25, 0.3) is 0 Å². The summed E-state index contributed by atoms with van der Waals surface area (Å²) in [6, 6.07) is 4.13. The second-order valence-electron chi connectivity index (χ2n) is 4.47. The van der Waals surface area contributed by atoms with Crippen molar-refractivity contribution in [3.05, 3.63) is 45.7 Å². The number of pyridine rings is 1. The summed E-state index contributed by atoms with van der Waals surface area (Å²) in [4.78, 5) is 31.2. The fourth-order valence-electron chi connectivity index (χ4n) is 1.78. The molecule has 0 saturated carbocycles. The predicted molar refractivity (Wildman–Crippen MR) is 78.5 cm³/mol. The third-order valence-corrected chi connectivity index (χ3v) is 3.93. The van der Waals surface area contributed by atoms with E-state index in [0.717, 1.165) is 10.7 Å². The Kier molecular flexibility index (Phi) is 4.64. The van der Waals surface area contributed by atoms with Gasteiger partial charge in [-0.3, -0.25) is 4.79 Å². The van der Waals surface area contributed by atoms with Crippen LogP contribution in [0.1, 0.15) is 51.1 Å². The lowest BCUT2D eigenvalue weighted by Gasteiger charge is -2.14. The summed E-state index contributed by atoms with van der Waals surface area (Å²) in [7, 11) is 0. The van der Waals surface area contributed by atoms with Gasteiger partial charge in [-0.2, -0.15) is 0 Å².